The van der Waals surface area contributed by atoms with Gasteiger partial charge in [-0.2, -0.15) is 0 Å². The van der Waals surface area contributed by atoms with Crippen LogP contribution in [0.25, 0.3) is 0 Å². The second-order valence-electron chi connectivity index (χ2n) is 3.60. The molecule has 2 aliphatic rings. The first-order valence-electron chi connectivity index (χ1n) is 3.81. The molecule has 1 aliphatic carbocycles. The molecule has 62 valence electrons. The van der Waals surface area contributed by atoms with Crippen LogP contribution in [0.3, 0.4) is 0 Å². The Balaban J connectivity index is 2.02. The molecule has 1 spiro atoms. The van der Waals surface area contributed by atoms with Crippen molar-refractivity contribution in [3.8, 4) is 0 Å². The maximum Gasteiger partial charge on any atom is 0.307 e. The fraction of sp³-hybridized carbons (Fsp3) is 0.857. The van der Waals surface area contributed by atoms with Crippen molar-refractivity contribution in [2.75, 3.05) is 13.1 Å². The zero-order valence-corrected chi connectivity index (χ0v) is 7.05. The second-order valence-corrected chi connectivity index (χ2v) is 4.16. The number of carboxylic acid groups (broad SMARTS) is 1. The van der Waals surface area contributed by atoms with Gasteiger partial charge in [0.2, 0.25) is 0 Å². The summed E-state index contributed by atoms with van der Waals surface area (Å²) in [5.41, 5.74) is 0.105. The van der Waals surface area contributed by atoms with Crippen molar-refractivity contribution in [3.05, 3.63) is 0 Å². The zero-order valence-electron chi connectivity index (χ0n) is 6.16. The fourth-order valence-electron chi connectivity index (χ4n) is 2.02. The molecule has 0 aromatic heterocycles. The average molecular weight is 173 g/mol. The molecule has 2 rings (SSSR count). The number of hydrogen-bond acceptors (Lipinski definition) is 3. The van der Waals surface area contributed by atoms with Crippen molar-refractivity contribution in [3.63, 3.8) is 0 Å². The predicted molar refractivity (Wildman–Crippen MR) is 43.4 cm³/mol. The third kappa shape index (κ3) is 1.05. The molecule has 0 amide bonds. The monoisotopic (exact) mass is 173 g/mol. The van der Waals surface area contributed by atoms with Gasteiger partial charge in [-0.1, -0.05) is 12.8 Å². The minimum absolute atomic E-state index is 0.0837. The molecular weight excluding hydrogens is 162 g/mol. The van der Waals surface area contributed by atoms with Crippen LogP contribution in [0.5, 0.6) is 0 Å². The normalized spacial score (nSPS) is 43.2. The van der Waals surface area contributed by atoms with Crippen molar-refractivity contribution in [1.82, 2.24) is 4.31 Å². The minimum atomic E-state index is -0.631. The Kier molecular flexibility index (Phi) is 1.44. The first-order chi connectivity index (χ1) is 5.14. The van der Waals surface area contributed by atoms with Gasteiger partial charge in [0.1, 0.15) is 0 Å². The standard InChI is InChI=1S/C7H11NO2S/c9-6(10)5-3-7(5)1-2-8(11)4-7/h5,11H,1-4H2,(H,9,10). The minimum Gasteiger partial charge on any atom is -0.481 e. The van der Waals surface area contributed by atoms with Gasteiger partial charge in [0.05, 0.1) is 5.92 Å². The van der Waals surface area contributed by atoms with Crippen molar-refractivity contribution < 1.29 is 9.90 Å². The summed E-state index contributed by atoms with van der Waals surface area (Å²) in [4.78, 5) is 10.6. The van der Waals surface area contributed by atoms with Gasteiger partial charge in [-0.15, -0.1) is 0 Å². The molecule has 0 radical (unpaired) electrons. The van der Waals surface area contributed by atoms with Crippen LogP contribution >= 0.6 is 12.8 Å². The molecule has 1 heterocycles. The van der Waals surface area contributed by atoms with Crippen LogP contribution in [-0.2, 0) is 4.79 Å². The maximum absolute atomic E-state index is 10.6. The number of aliphatic carboxylic acids is 1. The molecule has 0 aromatic rings. The van der Waals surface area contributed by atoms with E-state index in [1.807, 2.05) is 4.31 Å². The summed E-state index contributed by atoms with van der Waals surface area (Å²) in [7, 11) is 0. The quantitative estimate of drug-likeness (QED) is 0.571. The SMILES string of the molecule is O=C(O)C1CC12CCN(S)C2. The molecule has 3 nitrogen and oxygen atoms in total. The summed E-state index contributed by atoms with van der Waals surface area (Å²) in [5, 5.41) is 8.72. The average Bonchev–Trinajstić information content (AvgIpc) is 2.48. The van der Waals surface area contributed by atoms with Crippen LogP contribution < -0.4 is 0 Å². The van der Waals surface area contributed by atoms with Crippen molar-refractivity contribution >= 4 is 18.8 Å². The van der Waals surface area contributed by atoms with E-state index in [4.69, 9.17) is 5.11 Å². The fourth-order valence-corrected chi connectivity index (χ4v) is 2.40. The van der Waals surface area contributed by atoms with E-state index in [1.165, 1.54) is 0 Å². The Hall–Kier alpha value is -0.220. The van der Waals surface area contributed by atoms with Crippen molar-refractivity contribution in [2.45, 2.75) is 12.8 Å². The highest BCUT2D eigenvalue weighted by Gasteiger charge is 2.60. The van der Waals surface area contributed by atoms with Crippen LogP contribution in [0.2, 0.25) is 0 Å². The number of thiol groups is 1. The summed E-state index contributed by atoms with van der Waals surface area (Å²) in [6, 6.07) is 0. The van der Waals surface area contributed by atoms with Crippen LogP contribution in [-0.4, -0.2) is 28.5 Å². The van der Waals surface area contributed by atoms with Crippen LogP contribution in [0.4, 0.5) is 0 Å². The largest absolute Gasteiger partial charge is 0.481 e. The molecule has 1 N–H and O–H groups in total. The molecule has 2 atom stereocenters. The van der Waals surface area contributed by atoms with Crippen LogP contribution in [0, 0.1) is 11.3 Å². The van der Waals surface area contributed by atoms with Gasteiger partial charge in [0, 0.05) is 13.1 Å². The van der Waals surface area contributed by atoms with Gasteiger partial charge in [0.15, 0.2) is 0 Å². The Labute approximate surface area is 70.9 Å². The predicted octanol–water partition coefficient (Wildman–Crippen LogP) is 0.628. The number of rotatable bonds is 1. The molecule has 1 aliphatic heterocycles. The Morgan fingerprint density at radius 1 is 1.73 bits per heavy atom. The van der Waals surface area contributed by atoms with Crippen molar-refractivity contribution in [1.29, 1.82) is 0 Å². The van der Waals surface area contributed by atoms with E-state index in [-0.39, 0.29) is 11.3 Å². The second kappa shape index (κ2) is 2.14. The van der Waals surface area contributed by atoms with E-state index in [9.17, 15) is 4.79 Å². The van der Waals surface area contributed by atoms with E-state index in [1.54, 1.807) is 0 Å². The molecule has 2 unspecified atom stereocenters. The van der Waals surface area contributed by atoms with E-state index in [0.717, 1.165) is 25.9 Å². The smallest absolute Gasteiger partial charge is 0.307 e. The summed E-state index contributed by atoms with van der Waals surface area (Å²) >= 11 is 4.20. The molecule has 11 heavy (non-hydrogen) atoms. The molecule has 4 heteroatoms. The molecule has 1 saturated carbocycles. The lowest BCUT2D eigenvalue weighted by Gasteiger charge is -2.06. The van der Waals surface area contributed by atoms with E-state index < -0.39 is 5.97 Å². The topological polar surface area (TPSA) is 40.5 Å². The Morgan fingerprint density at radius 2 is 2.45 bits per heavy atom. The van der Waals surface area contributed by atoms with Crippen LogP contribution in [0.15, 0.2) is 0 Å². The van der Waals surface area contributed by atoms with Gasteiger partial charge in [0.25, 0.3) is 0 Å². The third-order valence-electron chi connectivity index (χ3n) is 2.85. The number of hydrogen-bond donors (Lipinski definition) is 2. The summed E-state index contributed by atoms with van der Waals surface area (Å²) in [6.45, 7) is 1.79. The highest BCUT2D eigenvalue weighted by molar-refractivity contribution is 7.77. The first-order valence-corrected chi connectivity index (χ1v) is 4.21. The summed E-state index contributed by atoms with van der Waals surface area (Å²) in [5.74, 6) is -0.715. The van der Waals surface area contributed by atoms with Crippen LogP contribution in [0.1, 0.15) is 12.8 Å². The molecular formula is C7H11NO2S. The van der Waals surface area contributed by atoms with Gasteiger partial charge in [-0.05, 0) is 18.3 Å². The van der Waals surface area contributed by atoms with E-state index >= 15 is 0 Å². The first kappa shape index (κ1) is 7.43. The third-order valence-corrected chi connectivity index (χ3v) is 3.19. The molecule has 0 bridgehead atoms. The molecule has 0 aromatic carbocycles. The number of nitrogens with zero attached hydrogens (tertiary/aromatic N) is 1. The Bertz CT molecular complexity index is 209. The highest BCUT2D eigenvalue weighted by Crippen LogP contribution is 2.58. The zero-order chi connectivity index (χ0) is 8.06. The summed E-state index contributed by atoms with van der Waals surface area (Å²) in [6.07, 6.45) is 1.87. The Morgan fingerprint density at radius 3 is 2.82 bits per heavy atom. The van der Waals surface area contributed by atoms with Gasteiger partial charge in [-0.3, -0.25) is 9.10 Å². The molecule has 2 fully saturated rings. The maximum atomic E-state index is 10.6. The highest BCUT2D eigenvalue weighted by atomic mass is 32.1. The lowest BCUT2D eigenvalue weighted by Crippen LogP contribution is -2.13. The van der Waals surface area contributed by atoms with E-state index in [0.29, 0.717) is 0 Å². The van der Waals surface area contributed by atoms with E-state index in [2.05, 4.69) is 12.8 Å². The van der Waals surface area contributed by atoms with Gasteiger partial charge < -0.3 is 5.11 Å². The number of carbonyl (C=O) groups is 1. The lowest BCUT2D eigenvalue weighted by atomic mass is 10.0. The number of carboxylic acids is 1. The van der Waals surface area contributed by atoms with Gasteiger partial charge in [-0.25, -0.2) is 0 Å². The molecule has 1 saturated heterocycles. The lowest BCUT2D eigenvalue weighted by molar-refractivity contribution is -0.139. The summed E-state index contributed by atoms with van der Waals surface area (Å²) < 4.78 is 1.92. The van der Waals surface area contributed by atoms with Crippen molar-refractivity contribution in [2.24, 2.45) is 11.3 Å². The van der Waals surface area contributed by atoms with Gasteiger partial charge >= 0.3 is 5.97 Å².